The lowest BCUT2D eigenvalue weighted by atomic mass is 9.97. The van der Waals surface area contributed by atoms with Gasteiger partial charge in [0.05, 0.1) is 12.4 Å². The number of hydrogen-bond donors (Lipinski definition) is 1. The summed E-state index contributed by atoms with van der Waals surface area (Å²) in [6.45, 7) is 2.05. The third-order valence-corrected chi connectivity index (χ3v) is 3.83. The number of nitrogens with two attached hydrogens (primary N) is 1. The van der Waals surface area contributed by atoms with Gasteiger partial charge in [0.1, 0.15) is 0 Å². The molecule has 0 aliphatic heterocycles. The molecule has 3 heteroatoms. The van der Waals surface area contributed by atoms with Crippen molar-refractivity contribution in [2.24, 2.45) is 0 Å². The Kier molecular flexibility index (Phi) is 3.73. The third kappa shape index (κ3) is 2.97. The Bertz CT molecular complexity index is 703. The summed E-state index contributed by atoms with van der Waals surface area (Å²) in [6.07, 6.45) is 6.63. The van der Waals surface area contributed by atoms with Crippen molar-refractivity contribution >= 4 is 5.69 Å². The Hall–Kier alpha value is -2.55. The van der Waals surface area contributed by atoms with Crippen molar-refractivity contribution in [2.75, 3.05) is 5.73 Å². The molecule has 3 nitrogen and oxygen atoms in total. The van der Waals surface area contributed by atoms with E-state index in [9.17, 15) is 0 Å². The van der Waals surface area contributed by atoms with Crippen molar-refractivity contribution < 1.29 is 0 Å². The fraction of sp³-hybridized carbons (Fsp3) is 0.167. The van der Waals surface area contributed by atoms with E-state index in [2.05, 4.69) is 45.9 Å². The lowest BCUT2D eigenvalue weighted by molar-refractivity contribution is 0.580. The van der Waals surface area contributed by atoms with Crippen molar-refractivity contribution in [1.29, 1.82) is 0 Å². The predicted molar refractivity (Wildman–Crippen MR) is 86.1 cm³/mol. The van der Waals surface area contributed by atoms with Gasteiger partial charge in [-0.2, -0.15) is 0 Å². The first-order valence-electron chi connectivity index (χ1n) is 7.11. The van der Waals surface area contributed by atoms with E-state index in [0.29, 0.717) is 0 Å². The number of aryl methyl sites for hydroxylation is 1. The highest BCUT2D eigenvalue weighted by Crippen LogP contribution is 2.24. The summed E-state index contributed by atoms with van der Waals surface area (Å²) in [5.41, 5.74) is 10.4. The molecule has 0 fully saturated rings. The van der Waals surface area contributed by atoms with Crippen LogP contribution in [-0.4, -0.2) is 9.55 Å². The lowest BCUT2D eigenvalue weighted by Gasteiger charge is -2.19. The van der Waals surface area contributed by atoms with Crippen molar-refractivity contribution in [3.05, 3.63) is 83.9 Å². The van der Waals surface area contributed by atoms with E-state index >= 15 is 0 Å². The van der Waals surface area contributed by atoms with Crippen molar-refractivity contribution in [3.8, 4) is 0 Å². The number of anilines is 1. The van der Waals surface area contributed by atoms with E-state index in [1.807, 2.05) is 37.8 Å². The molecule has 0 saturated heterocycles. The van der Waals surface area contributed by atoms with Crippen LogP contribution < -0.4 is 5.73 Å². The van der Waals surface area contributed by atoms with Crippen LogP contribution in [0.3, 0.4) is 0 Å². The highest BCUT2D eigenvalue weighted by atomic mass is 15.0. The monoisotopic (exact) mass is 277 g/mol. The summed E-state index contributed by atoms with van der Waals surface area (Å²) >= 11 is 0. The van der Waals surface area contributed by atoms with E-state index < -0.39 is 0 Å². The first-order chi connectivity index (χ1) is 10.2. The summed E-state index contributed by atoms with van der Waals surface area (Å²) in [6, 6.07) is 17.0. The minimum Gasteiger partial charge on any atom is -0.399 e. The second kappa shape index (κ2) is 5.83. The quantitative estimate of drug-likeness (QED) is 0.740. The van der Waals surface area contributed by atoms with Crippen LogP contribution in [0.2, 0.25) is 0 Å². The van der Waals surface area contributed by atoms with Crippen molar-refractivity contribution in [2.45, 2.75) is 19.4 Å². The number of aromatic nitrogens is 2. The fourth-order valence-electron chi connectivity index (χ4n) is 2.61. The molecule has 3 rings (SSSR count). The van der Waals surface area contributed by atoms with Crippen LogP contribution in [-0.2, 0) is 6.42 Å². The van der Waals surface area contributed by atoms with E-state index in [0.717, 1.165) is 17.7 Å². The molecular formula is C18H19N3. The van der Waals surface area contributed by atoms with E-state index in [-0.39, 0.29) is 6.04 Å². The molecule has 1 atom stereocenters. The van der Waals surface area contributed by atoms with Gasteiger partial charge in [-0.15, -0.1) is 0 Å². The number of nitrogens with zero attached hydrogens (tertiary/aromatic N) is 2. The van der Waals surface area contributed by atoms with Crippen LogP contribution in [0.15, 0.2) is 67.3 Å². The summed E-state index contributed by atoms with van der Waals surface area (Å²) in [5.74, 6) is 0. The van der Waals surface area contributed by atoms with Gasteiger partial charge in [0.15, 0.2) is 0 Å². The van der Waals surface area contributed by atoms with Gasteiger partial charge in [-0.1, -0.05) is 42.5 Å². The minimum atomic E-state index is 0.247. The Morgan fingerprint density at radius 1 is 1.14 bits per heavy atom. The maximum Gasteiger partial charge on any atom is 0.0951 e. The van der Waals surface area contributed by atoms with Gasteiger partial charge in [-0.05, 0) is 36.1 Å². The van der Waals surface area contributed by atoms with Gasteiger partial charge < -0.3 is 10.3 Å². The Balaban J connectivity index is 1.95. The number of rotatable bonds is 4. The average Bonchev–Trinajstić information content (AvgIpc) is 3.03. The first-order valence-corrected chi connectivity index (χ1v) is 7.11. The molecule has 0 aliphatic rings. The molecule has 21 heavy (non-hydrogen) atoms. The third-order valence-electron chi connectivity index (χ3n) is 3.83. The Labute approximate surface area is 125 Å². The van der Waals surface area contributed by atoms with Crippen LogP contribution in [0, 0.1) is 6.92 Å². The van der Waals surface area contributed by atoms with E-state index in [4.69, 9.17) is 5.73 Å². The first kappa shape index (κ1) is 13.4. The molecule has 2 aromatic carbocycles. The standard InChI is InChI=1S/C18H19N3/c1-14-11-15(7-8-17(14)19)12-18(21-10-9-20-13-21)16-5-3-2-4-6-16/h2-11,13,18H,12,19H2,1H3. The molecule has 0 amide bonds. The van der Waals surface area contributed by atoms with Crippen LogP contribution in [0.5, 0.6) is 0 Å². The molecule has 1 aromatic heterocycles. The SMILES string of the molecule is Cc1cc(CC(c2ccccc2)n2ccnc2)ccc1N. The zero-order valence-corrected chi connectivity index (χ0v) is 12.1. The summed E-state index contributed by atoms with van der Waals surface area (Å²) in [5, 5.41) is 0. The molecule has 1 unspecified atom stereocenters. The molecule has 2 N–H and O–H groups in total. The zero-order chi connectivity index (χ0) is 14.7. The lowest BCUT2D eigenvalue weighted by Crippen LogP contribution is -2.12. The largest absolute Gasteiger partial charge is 0.399 e. The molecule has 106 valence electrons. The molecule has 0 aliphatic carbocycles. The van der Waals surface area contributed by atoms with Crippen LogP contribution in [0.25, 0.3) is 0 Å². The summed E-state index contributed by atoms with van der Waals surface area (Å²) in [7, 11) is 0. The molecule has 0 radical (unpaired) electrons. The highest BCUT2D eigenvalue weighted by molar-refractivity contribution is 5.48. The number of hydrogen-bond acceptors (Lipinski definition) is 2. The number of nitrogen functional groups attached to an aromatic ring is 1. The minimum absolute atomic E-state index is 0.247. The van der Waals surface area contributed by atoms with Gasteiger partial charge in [0.2, 0.25) is 0 Å². The molecule has 0 saturated carbocycles. The molecule has 0 bridgehead atoms. The Morgan fingerprint density at radius 3 is 2.62 bits per heavy atom. The van der Waals surface area contributed by atoms with Crippen LogP contribution >= 0.6 is 0 Å². The topological polar surface area (TPSA) is 43.8 Å². The van der Waals surface area contributed by atoms with Gasteiger partial charge in [0.25, 0.3) is 0 Å². The van der Waals surface area contributed by atoms with E-state index in [1.54, 1.807) is 0 Å². The van der Waals surface area contributed by atoms with Gasteiger partial charge in [-0.25, -0.2) is 4.98 Å². The highest BCUT2D eigenvalue weighted by Gasteiger charge is 2.14. The smallest absolute Gasteiger partial charge is 0.0951 e. The second-order valence-corrected chi connectivity index (χ2v) is 5.33. The fourth-order valence-corrected chi connectivity index (χ4v) is 2.61. The molecule has 1 heterocycles. The van der Waals surface area contributed by atoms with Gasteiger partial charge in [-0.3, -0.25) is 0 Å². The maximum atomic E-state index is 5.91. The van der Waals surface area contributed by atoms with Crippen molar-refractivity contribution in [1.82, 2.24) is 9.55 Å². The van der Waals surface area contributed by atoms with E-state index in [1.165, 1.54) is 11.1 Å². The molecular weight excluding hydrogens is 258 g/mol. The molecule has 0 spiro atoms. The van der Waals surface area contributed by atoms with Gasteiger partial charge >= 0.3 is 0 Å². The summed E-state index contributed by atoms with van der Waals surface area (Å²) in [4.78, 5) is 4.18. The van der Waals surface area contributed by atoms with Crippen LogP contribution in [0.4, 0.5) is 5.69 Å². The number of benzene rings is 2. The number of imidazole rings is 1. The maximum absolute atomic E-state index is 5.91. The Morgan fingerprint density at radius 2 is 1.95 bits per heavy atom. The molecule has 3 aromatic rings. The average molecular weight is 277 g/mol. The zero-order valence-electron chi connectivity index (χ0n) is 12.1. The second-order valence-electron chi connectivity index (χ2n) is 5.33. The normalized spacial score (nSPS) is 12.2. The predicted octanol–water partition coefficient (Wildman–Crippen LogP) is 3.61. The summed E-state index contributed by atoms with van der Waals surface area (Å²) < 4.78 is 2.15. The van der Waals surface area contributed by atoms with Gasteiger partial charge in [0, 0.05) is 18.1 Å². The van der Waals surface area contributed by atoms with Crippen molar-refractivity contribution in [3.63, 3.8) is 0 Å². The van der Waals surface area contributed by atoms with Crippen LogP contribution in [0.1, 0.15) is 22.7 Å².